The average Bonchev–Trinajstić information content (AvgIpc) is 3.39. The topological polar surface area (TPSA) is 105 Å². The zero-order chi connectivity index (χ0) is 23.7. The number of fused-ring (bicyclic) bond motifs is 3. The van der Waals surface area contributed by atoms with E-state index >= 15 is 0 Å². The van der Waals surface area contributed by atoms with Gasteiger partial charge in [-0.2, -0.15) is 0 Å². The number of hydrogen-bond acceptors (Lipinski definition) is 4. The van der Waals surface area contributed by atoms with Crippen LogP contribution in [0.15, 0.2) is 48.5 Å². The monoisotopic (exact) mass is 462 g/mol. The van der Waals surface area contributed by atoms with Gasteiger partial charge in [-0.15, -0.1) is 0 Å². The third-order valence-electron chi connectivity index (χ3n) is 7.86. The summed E-state index contributed by atoms with van der Waals surface area (Å²) >= 11 is 0. The van der Waals surface area contributed by atoms with Crippen LogP contribution < -0.4 is 10.6 Å². The van der Waals surface area contributed by atoms with Gasteiger partial charge >= 0.3 is 12.1 Å². The Morgan fingerprint density at radius 3 is 2.18 bits per heavy atom. The lowest BCUT2D eigenvalue weighted by atomic mass is 9.67. The van der Waals surface area contributed by atoms with Crippen molar-refractivity contribution in [2.75, 3.05) is 13.2 Å². The van der Waals surface area contributed by atoms with Crippen molar-refractivity contribution in [2.24, 2.45) is 11.3 Å². The van der Waals surface area contributed by atoms with Crippen LogP contribution >= 0.6 is 0 Å². The van der Waals surface area contributed by atoms with E-state index in [1.807, 2.05) is 24.3 Å². The van der Waals surface area contributed by atoms with Gasteiger partial charge in [0.25, 0.3) is 0 Å². The molecule has 178 valence electrons. The van der Waals surface area contributed by atoms with Crippen LogP contribution in [0.5, 0.6) is 0 Å². The molecule has 0 unspecified atom stereocenters. The highest BCUT2D eigenvalue weighted by Gasteiger charge is 2.46. The Balaban J connectivity index is 1.18. The molecular weight excluding hydrogens is 432 g/mol. The number of carboxylic acids is 1. The van der Waals surface area contributed by atoms with Crippen LogP contribution in [0, 0.1) is 11.3 Å². The van der Waals surface area contributed by atoms with Gasteiger partial charge in [0.05, 0.1) is 11.3 Å². The van der Waals surface area contributed by atoms with Gasteiger partial charge in [-0.3, -0.25) is 9.59 Å². The predicted molar refractivity (Wildman–Crippen MR) is 126 cm³/mol. The van der Waals surface area contributed by atoms with Crippen molar-refractivity contribution >= 4 is 18.0 Å². The van der Waals surface area contributed by atoms with E-state index in [2.05, 4.69) is 34.9 Å². The number of aliphatic carboxylic acids is 1. The molecule has 7 nitrogen and oxygen atoms in total. The molecule has 0 bridgehead atoms. The minimum Gasteiger partial charge on any atom is -0.481 e. The number of alkyl carbamates (subject to hydrolysis) is 1. The van der Waals surface area contributed by atoms with Gasteiger partial charge < -0.3 is 20.5 Å². The molecule has 2 fully saturated rings. The lowest BCUT2D eigenvalue weighted by Crippen LogP contribution is -2.55. The molecule has 0 aromatic heterocycles. The van der Waals surface area contributed by atoms with E-state index < -0.39 is 23.4 Å². The number of rotatable bonds is 7. The maximum Gasteiger partial charge on any atom is 0.407 e. The Bertz CT molecular complexity index is 1060. The van der Waals surface area contributed by atoms with Crippen LogP contribution in [0.2, 0.25) is 0 Å². The number of hydrogen-bond donors (Lipinski definition) is 3. The van der Waals surface area contributed by atoms with Crippen LogP contribution in [0.4, 0.5) is 4.79 Å². The molecule has 2 atom stereocenters. The summed E-state index contributed by atoms with van der Waals surface area (Å²) in [6.45, 7) is 0.418. The van der Waals surface area contributed by atoms with Crippen LogP contribution in [-0.2, 0) is 14.3 Å². The van der Waals surface area contributed by atoms with Gasteiger partial charge in [-0.25, -0.2) is 4.79 Å². The Hall–Kier alpha value is -3.35. The number of ether oxygens (including phenoxy) is 1. The number of carbonyl (C=O) groups is 3. The maximum absolute atomic E-state index is 13.0. The summed E-state index contributed by atoms with van der Waals surface area (Å²) in [6, 6.07) is 16.0. The first-order chi connectivity index (χ1) is 16.5. The van der Waals surface area contributed by atoms with Crippen molar-refractivity contribution in [3.63, 3.8) is 0 Å². The summed E-state index contributed by atoms with van der Waals surface area (Å²) in [7, 11) is 0. The summed E-state index contributed by atoms with van der Waals surface area (Å²) in [5, 5.41) is 15.2. The highest BCUT2D eigenvalue weighted by atomic mass is 16.5. The summed E-state index contributed by atoms with van der Waals surface area (Å²) < 4.78 is 5.61. The third-order valence-corrected chi connectivity index (χ3v) is 7.86. The summed E-state index contributed by atoms with van der Waals surface area (Å²) in [5.41, 5.74) is 3.95. The number of carboxylic acid groups (broad SMARTS) is 1. The molecule has 0 spiro atoms. The molecule has 34 heavy (non-hydrogen) atoms. The normalized spacial score (nSPS) is 22.2. The van der Waals surface area contributed by atoms with Crippen LogP contribution in [0.3, 0.4) is 0 Å². The minimum absolute atomic E-state index is 0.0190. The van der Waals surface area contributed by atoms with Crippen molar-refractivity contribution in [3.05, 3.63) is 59.7 Å². The van der Waals surface area contributed by atoms with Gasteiger partial charge in [-0.05, 0) is 47.9 Å². The zero-order valence-electron chi connectivity index (χ0n) is 19.1. The lowest BCUT2D eigenvalue weighted by Gasteiger charge is -2.41. The molecule has 5 rings (SSSR count). The van der Waals surface area contributed by atoms with Gasteiger partial charge in [0, 0.05) is 18.5 Å². The second-order valence-electron chi connectivity index (χ2n) is 9.77. The van der Waals surface area contributed by atoms with Gasteiger partial charge in [0.15, 0.2) is 0 Å². The summed E-state index contributed by atoms with van der Waals surface area (Å²) in [6.07, 6.45) is 3.79. The molecular formula is C27H30N2O5. The van der Waals surface area contributed by atoms with Crippen LogP contribution in [0.25, 0.3) is 11.1 Å². The first-order valence-electron chi connectivity index (χ1n) is 12.1. The number of carbonyl (C=O) groups excluding carboxylic acids is 2. The Morgan fingerprint density at radius 2 is 1.59 bits per heavy atom. The van der Waals surface area contributed by atoms with Gasteiger partial charge in [0.2, 0.25) is 5.91 Å². The van der Waals surface area contributed by atoms with Crippen molar-refractivity contribution in [1.82, 2.24) is 10.6 Å². The molecule has 2 amide bonds. The summed E-state index contributed by atoms with van der Waals surface area (Å²) in [4.78, 5) is 37.1. The van der Waals surface area contributed by atoms with Gasteiger partial charge in [0.1, 0.15) is 6.61 Å². The molecule has 0 aliphatic heterocycles. The van der Waals surface area contributed by atoms with Crippen molar-refractivity contribution < 1.29 is 24.2 Å². The highest BCUT2D eigenvalue weighted by molar-refractivity contribution is 5.85. The predicted octanol–water partition coefficient (Wildman–Crippen LogP) is 4.06. The molecule has 3 aliphatic rings. The molecule has 2 aromatic rings. The van der Waals surface area contributed by atoms with E-state index in [0.29, 0.717) is 25.7 Å². The molecule has 2 aromatic carbocycles. The first-order valence-corrected chi connectivity index (χ1v) is 12.1. The quantitative estimate of drug-likeness (QED) is 0.576. The Labute approximate surface area is 198 Å². The van der Waals surface area contributed by atoms with Crippen LogP contribution in [0.1, 0.15) is 55.6 Å². The molecule has 0 saturated heterocycles. The number of amides is 2. The molecule has 2 saturated carbocycles. The minimum atomic E-state index is -0.859. The fourth-order valence-electron chi connectivity index (χ4n) is 5.73. The summed E-state index contributed by atoms with van der Waals surface area (Å²) in [5.74, 6) is -1.57. The van der Waals surface area contributed by atoms with Crippen molar-refractivity contribution in [3.8, 4) is 11.1 Å². The smallest absolute Gasteiger partial charge is 0.407 e. The van der Waals surface area contributed by atoms with E-state index in [9.17, 15) is 19.5 Å². The second kappa shape index (κ2) is 9.12. The first kappa shape index (κ1) is 22.4. The fraction of sp³-hybridized carbons (Fsp3) is 0.444. The SMILES string of the molecule is O=C(NCC1(C(=O)N[C@@H]2CCC[C@@H]2C(=O)O)CCC1)OCC1c2ccccc2-c2ccccc21. The van der Waals surface area contributed by atoms with E-state index in [-0.39, 0.29) is 31.0 Å². The lowest BCUT2D eigenvalue weighted by molar-refractivity contribution is -0.143. The molecule has 3 aliphatic carbocycles. The highest BCUT2D eigenvalue weighted by Crippen LogP contribution is 2.45. The standard InChI is InChI=1S/C27H30N2O5/c30-24(31)21-11-5-12-23(21)29-25(32)27(13-6-14-27)16-28-26(33)34-15-22-19-9-3-1-7-17(19)18-8-2-4-10-20(18)22/h1-4,7-10,21-23H,5-6,11-16H2,(H,28,33)(H,29,32)(H,30,31)/t21-,23+/m0/s1. The van der Waals surface area contributed by atoms with Crippen molar-refractivity contribution in [1.29, 1.82) is 0 Å². The average molecular weight is 463 g/mol. The molecule has 0 heterocycles. The van der Waals surface area contributed by atoms with E-state index in [1.54, 1.807) is 0 Å². The Morgan fingerprint density at radius 1 is 0.941 bits per heavy atom. The number of nitrogens with one attached hydrogen (secondary N) is 2. The Kier molecular flexibility index (Phi) is 6.02. The van der Waals surface area contributed by atoms with Crippen molar-refractivity contribution in [2.45, 2.75) is 50.5 Å². The third kappa shape index (κ3) is 4.04. The van der Waals surface area contributed by atoms with Crippen LogP contribution in [-0.4, -0.2) is 42.3 Å². The second-order valence-corrected chi connectivity index (χ2v) is 9.77. The molecule has 0 radical (unpaired) electrons. The van der Waals surface area contributed by atoms with E-state index in [4.69, 9.17) is 4.74 Å². The van der Waals surface area contributed by atoms with E-state index in [1.165, 1.54) is 11.1 Å². The van der Waals surface area contributed by atoms with Gasteiger partial charge in [-0.1, -0.05) is 61.4 Å². The maximum atomic E-state index is 13.0. The van der Waals surface area contributed by atoms with E-state index in [0.717, 1.165) is 24.0 Å². The number of benzene rings is 2. The molecule has 3 N–H and O–H groups in total. The fourth-order valence-corrected chi connectivity index (χ4v) is 5.73. The largest absolute Gasteiger partial charge is 0.481 e. The molecule has 7 heteroatoms. The zero-order valence-corrected chi connectivity index (χ0v) is 19.1.